The molecule has 1 amide bonds. The fraction of sp³-hybridized carbons (Fsp3) is 0.700. The van der Waals surface area contributed by atoms with Crippen LogP contribution in [0.4, 0.5) is 0 Å². The Balaban J connectivity index is 1.99. The van der Waals surface area contributed by atoms with Crippen molar-refractivity contribution in [2.75, 3.05) is 37.4 Å². The molecule has 3 rings (SSSR count). The molecule has 82 valence electrons. The van der Waals surface area contributed by atoms with Gasteiger partial charge >= 0.3 is 0 Å². The minimum absolute atomic E-state index is 0.269. The number of nitrogens with zero attached hydrogens (tertiary/aromatic N) is 2. The van der Waals surface area contributed by atoms with Crippen molar-refractivity contribution < 1.29 is 4.79 Å². The van der Waals surface area contributed by atoms with E-state index in [1.807, 2.05) is 30.6 Å². The van der Waals surface area contributed by atoms with E-state index < -0.39 is 0 Å². The zero-order valence-electron chi connectivity index (χ0n) is 8.73. The highest BCUT2D eigenvalue weighted by Crippen LogP contribution is 2.41. The number of amides is 1. The molecule has 0 aromatic heterocycles. The summed E-state index contributed by atoms with van der Waals surface area (Å²) < 4.78 is 0. The van der Waals surface area contributed by atoms with Gasteiger partial charge in [-0.3, -0.25) is 4.79 Å². The van der Waals surface area contributed by atoms with Gasteiger partial charge in [0.2, 0.25) is 0 Å². The summed E-state index contributed by atoms with van der Waals surface area (Å²) in [4.78, 5) is 17.7. The van der Waals surface area contributed by atoms with E-state index >= 15 is 0 Å². The second-order valence-corrected chi connectivity index (χ2v) is 6.36. The Morgan fingerprint density at radius 2 is 2.20 bits per heavy atom. The van der Waals surface area contributed by atoms with Gasteiger partial charge in [-0.2, -0.15) is 11.8 Å². The molecule has 0 bridgehead atoms. The Morgan fingerprint density at radius 1 is 1.33 bits per heavy atom. The first-order chi connectivity index (χ1) is 7.29. The zero-order valence-corrected chi connectivity index (χ0v) is 10.4. The van der Waals surface area contributed by atoms with Crippen LogP contribution in [-0.2, 0) is 4.79 Å². The maximum Gasteiger partial charge on any atom is 0.271 e. The van der Waals surface area contributed by atoms with E-state index in [2.05, 4.69) is 9.80 Å². The van der Waals surface area contributed by atoms with Crippen molar-refractivity contribution in [3.05, 3.63) is 10.6 Å². The van der Waals surface area contributed by atoms with Crippen molar-refractivity contribution in [3.63, 3.8) is 0 Å². The van der Waals surface area contributed by atoms with Gasteiger partial charge in [0.25, 0.3) is 5.91 Å². The molecule has 0 aliphatic carbocycles. The predicted molar refractivity (Wildman–Crippen MR) is 64.9 cm³/mol. The summed E-state index contributed by atoms with van der Waals surface area (Å²) in [6.07, 6.45) is 0. The first-order valence-electron chi connectivity index (χ1n) is 5.26. The molecule has 0 spiro atoms. The molecule has 1 saturated heterocycles. The lowest BCUT2D eigenvalue weighted by Gasteiger charge is -2.30. The van der Waals surface area contributed by atoms with Gasteiger partial charge in [-0.15, -0.1) is 11.8 Å². The minimum atomic E-state index is 0.269. The summed E-state index contributed by atoms with van der Waals surface area (Å²) in [5, 5.41) is 0. The van der Waals surface area contributed by atoms with E-state index in [1.54, 1.807) is 0 Å². The third-order valence-electron chi connectivity index (χ3n) is 3.19. The molecular formula is C10H14N2OS2. The highest BCUT2D eigenvalue weighted by molar-refractivity contribution is 8.03. The highest BCUT2D eigenvalue weighted by atomic mass is 32.2. The van der Waals surface area contributed by atoms with Gasteiger partial charge in [-0.1, -0.05) is 0 Å². The first kappa shape index (κ1) is 9.90. The topological polar surface area (TPSA) is 23.6 Å². The Hall–Kier alpha value is -0.290. The fourth-order valence-electron chi connectivity index (χ4n) is 2.38. The van der Waals surface area contributed by atoms with E-state index in [0.29, 0.717) is 6.04 Å². The van der Waals surface area contributed by atoms with Gasteiger partial charge in [0.05, 0.1) is 6.04 Å². The van der Waals surface area contributed by atoms with Crippen LogP contribution in [0.5, 0.6) is 0 Å². The summed E-state index contributed by atoms with van der Waals surface area (Å²) in [6, 6.07) is 0.388. The molecule has 1 fully saturated rings. The van der Waals surface area contributed by atoms with E-state index in [-0.39, 0.29) is 5.91 Å². The smallest absolute Gasteiger partial charge is 0.271 e. The molecule has 5 heteroatoms. The van der Waals surface area contributed by atoms with Crippen LogP contribution in [0, 0.1) is 0 Å². The molecule has 3 nitrogen and oxygen atoms in total. The Bertz CT molecular complexity index is 342. The molecular weight excluding hydrogens is 228 g/mol. The number of hydrogen-bond acceptors (Lipinski definition) is 4. The normalized spacial score (nSPS) is 30.7. The molecule has 0 aromatic rings. The van der Waals surface area contributed by atoms with E-state index in [1.165, 1.54) is 4.91 Å². The van der Waals surface area contributed by atoms with Crippen molar-refractivity contribution in [1.29, 1.82) is 0 Å². The highest BCUT2D eigenvalue weighted by Gasteiger charge is 2.43. The summed E-state index contributed by atoms with van der Waals surface area (Å²) in [6.45, 7) is 1.93. The number of rotatable bonds is 0. The Morgan fingerprint density at radius 3 is 3.07 bits per heavy atom. The van der Waals surface area contributed by atoms with Gasteiger partial charge in [-0.05, 0) is 0 Å². The van der Waals surface area contributed by atoms with Crippen molar-refractivity contribution >= 4 is 29.4 Å². The van der Waals surface area contributed by atoms with E-state index in [0.717, 1.165) is 36.0 Å². The zero-order chi connectivity index (χ0) is 10.4. The van der Waals surface area contributed by atoms with E-state index in [9.17, 15) is 4.79 Å². The number of carbonyl (C=O) groups excluding carboxylic acids is 1. The number of fused-ring (bicyclic) bond motifs is 2. The molecule has 3 aliphatic heterocycles. The maximum atomic E-state index is 12.2. The van der Waals surface area contributed by atoms with E-state index in [4.69, 9.17) is 0 Å². The third-order valence-corrected chi connectivity index (χ3v) is 5.38. The van der Waals surface area contributed by atoms with Gasteiger partial charge in [0, 0.05) is 42.3 Å². The Labute approximate surface area is 98.2 Å². The van der Waals surface area contributed by atoms with Crippen LogP contribution < -0.4 is 0 Å². The minimum Gasteiger partial charge on any atom is -0.369 e. The number of thioether (sulfide) groups is 2. The predicted octanol–water partition coefficient (Wildman–Crippen LogP) is 0.834. The summed E-state index contributed by atoms with van der Waals surface area (Å²) in [5.74, 6) is 3.57. The largest absolute Gasteiger partial charge is 0.369 e. The quantitative estimate of drug-likeness (QED) is 0.628. The van der Waals surface area contributed by atoms with Crippen LogP contribution in [-0.4, -0.2) is 59.1 Å². The molecule has 15 heavy (non-hydrogen) atoms. The van der Waals surface area contributed by atoms with Crippen LogP contribution in [0.25, 0.3) is 0 Å². The van der Waals surface area contributed by atoms with Crippen LogP contribution >= 0.6 is 23.5 Å². The summed E-state index contributed by atoms with van der Waals surface area (Å²) in [7, 11) is 2.04. The lowest BCUT2D eigenvalue weighted by Crippen LogP contribution is -2.42. The van der Waals surface area contributed by atoms with Gasteiger partial charge < -0.3 is 9.80 Å². The molecule has 0 N–H and O–H groups in total. The molecule has 0 aromatic carbocycles. The number of hydrogen-bond donors (Lipinski definition) is 0. The maximum absolute atomic E-state index is 12.2. The van der Waals surface area contributed by atoms with Crippen molar-refractivity contribution in [1.82, 2.24) is 9.80 Å². The van der Waals surface area contributed by atoms with Crippen LogP contribution in [0.2, 0.25) is 0 Å². The molecule has 1 atom stereocenters. The van der Waals surface area contributed by atoms with Crippen molar-refractivity contribution in [2.24, 2.45) is 0 Å². The second-order valence-electron chi connectivity index (χ2n) is 4.07. The summed E-state index contributed by atoms with van der Waals surface area (Å²) >= 11 is 3.86. The monoisotopic (exact) mass is 242 g/mol. The first-order valence-corrected chi connectivity index (χ1v) is 7.40. The molecule has 0 radical (unpaired) electrons. The number of likely N-dealkylation sites (N-methyl/N-ethyl adjacent to an activating group) is 1. The van der Waals surface area contributed by atoms with Gasteiger partial charge in [-0.25, -0.2) is 0 Å². The third kappa shape index (κ3) is 1.40. The van der Waals surface area contributed by atoms with Gasteiger partial charge in [0.15, 0.2) is 0 Å². The fourth-order valence-corrected chi connectivity index (χ4v) is 4.92. The Kier molecular flexibility index (Phi) is 2.39. The standard InChI is InChI=1S/C10H14N2OS2/c1-11-2-5-15-9-7-6-14-4-3-12(7)10(13)8(9)11/h7H,2-6H2,1H3. The van der Waals surface area contributed by atoms with Crippen molar-refractivity contribution in [2.45, 2.75) is 6.04 Å². The van der Waals surface area contributed by atoms with Gasteiger partial charge in [0.1, 0.15) is 5.70 Å². The lowest BCUT2D eigenvalue weighted by atomic mass is 10.3. The van der Waals surface area contributed by atoms with Crippen LogP contribution in [0.1, 0.15) is 0 Å². The average Bonchev–Trinajstić information content (AvgIpc) is 2.55. The molecule has 3 aliphatic rings. The lowest BCUT2D eigenvalue weighted by molar-refractivity contribution is -0.127. The molecule has 0 saturated carbocycles. The van der Waals surface area contributed by atoms with Crippen molar-refractivity contribution in [3.8, 4) is 0 Å². The molecule has 3 heterocycles. The molecule has 1 unspecified atom stereocenters. The van der Waals surface area contributed by atoms with Crippen LogP contribution in [0.15, 0.2) is 10.6 Å². The number of carbonyl (C=O) groups is 1. The SMILES string of the molecule is CN1CCSC2=C1C(=O)N1CCSCC21. The van der Waals surface area contributed by atoms with Crippen LogP contribution in [0.3, 0.4) is 0 Å². The average molecular weight is 242 g/mol. The second kappa shape index (κ2) is 3.63. The summed E-state index contributed by atoms with van der Waals surface area (Å²) in [5.41, 5.74) is 0.985.